The molecular formula is C18H29ClN2O4. The first-order valence-corrected chi connectivity index (χ1v) is 8.38. The van der Waals surface area contributed by atoms with E-state index in [1.54, 1.807) is 14.2 Å². The number of piperidine rings is 1. The zero-order valence-electron chi connectivity index (χ0n) is 15.2. The van der Waals surface area contributed by atoms with Gasteiger partial charge in [0.2, 0.25) is 5.91 Å². The quantitative estimate of drug-likeness (QED) is 0.730. The number of rotatable bonds is 8. The van der Waals surface area contributed by atoms with Crippen molar-refractivity contribution < 1.29 is 19.0 Å². The number of ether oxygens (including phenoxy) is 3. The molecule has 1 aliphatic rings. The van der Waals surface area contributed by atoms with Gasteiger partial charge in [-0.05, 0) is 57.1 Å². The summed E-state index contributed by atoms with van der Waals surface area (Å²) in [6.45, 7) is 4.54. The molecule has 142 valence electrons. The number of carbonyl (C=O) groups excluding carboxylic acids is 1. The minimum atomic E-state index is -0.431. The number of hydrogen-bond donors (Lipinski definition) is 2. The van der Waals surface area contributed by atoms with Crippen LogP contribution in [0.1, 0.15) is 19.8 Å². The molecule has 2 N–H and O–H groups in total. The van der Waals surface area contributed by atoms with Crippen molar-refractivity contribution in [1.29, 1.82) is 0 Å². The number of carbonyl (C=O) groups is 1. The first kappa shape index (κ1) is 21.5. The fraction of sp³-hybridized carbons (Fsp3) is 0.611. The molecule has 1 heterocycles. The minimum absolute atomic E-state index is 0. The summed E-state index contributed by atoms with van der Waals surface area (Å²) < 4.78 is 16.3. The van der Waals surface area contributed by atoms with Gasteiger partial charge in [0.1, 0.15) is 17.6 Å². The molecule has 0 radical (unpaired) electrons. The molecule has 0 spiro atoms. The van der Waals surface area contributed by atoms with E-state index in [2.05, 4.69) is 10.6 Å². The zero-order chi connectivity index (χ0) is 17.4. The van der Waals surface area contributed by atoms with Crippen LogP contribution in [0.25, 0.3) is 0 Å². The lowest BCUT2D eigenvalue weighted by Crippen LogP contribution is -2.51. The summed E-state index contributed by atoms with van der Waals surface area (Å²) in [7, 11) is 3.27. The van der Waals surface area contributed by atoms with Crippen LogP contribution in [0.3, 0.4) is 0 Å². The highest BCUT2D eigenvalue weighted by atomic mass is 35.5. The molecule has 1 aromatic rings. The molecule has 0 saturated carbocycles. The fourth-order valence-electron chi connectivity index (χ4n) is 2.97. The van der Waals surface area contributed by atoms with Gasteiger partial charge in [-0.15, -0.1) is 12.4 Å². The normalized spacial score (nSPS) is 17.1. The third-order valence-corrected chi connectivity index (χ3v) is 4.41. The molecule has 1 aromatic carbocycles. The molecule has 1 fully saturated rings. The van der Waals surface area contributed by atoms with E-state index in [9.17, 15) is 4.79 Å². The Morgan fingerprint density at radius 1 is 1.20 bits per heavy atom. The van der Waals surface area contributed by atoms with Gasteiger partial charge < -0.3 is 24.8 Å². The lowest BCUT2D eigenvalue weighted by atomic mass is 9.78. The first-order valence-electron chi connectivity index (χ1n) is 8.38. The van der Waals surface area contributed by atoms with Crippen molar-refractivity contribution in [2.75, 3.05) is 40.5 Å². The Hall–Kier alpha value is -1.50. The average molecular weight is 373 g/mol. The fourth-order valence-corrected chi connectivity index (χ4v) is 2.97. The Bertz CT molecular complexity index is 513. The van der Waals surface area contributed by atoms with Crippen molar-refractivity contribution in [2.45, 2.75) is 25.9 Å². The number of hydrogen-bond acceptors (Lipinski definition) is 5. The highest BCUT2D eigenvalue weighted by Crippen LogP contribution is 2.29. The van der Waals surface area contributed by atoms with Gasteiger partial charge in [0, 0.05) is 7.11 Å². The maximum atomic E-state index is 12.7. The van der Waals surface area contributed by atoms with E-state index in [1.165, 1.54) is 0 Å². The second kappa shape index (κ2) is 10.5. The number of methoxy groups -OCH3 is 2. The van der Waals surface area contributed by atoms with Crippen molar-refractivity contribution in [3.8, 4) is 11.5 Å². The Morgan fingerprint density at radius 2 is 1.80 bits per heavy atom. The lowest BCUT2D eigenvalue weighted by molar-refractivity contribution is -0.136. The van der Waals surface area contributed by atoms with E-state index in [1.807, 2.05) is 31.2 Å². The summed E-state index contributed by atoms with van der Waals surface area (Å²) in [5, 5.41) is 6.31. The van der Waals surface area contributed by atoms with Crippen LogP contribution in [-0.4, -0.2) is 52.5 Å². The van der Waals surface area contributed by atoms with E-state index in [0.717, 1.165) is 37.4 Å². The Morgan fingerprint density at radius 3 is 2.36 bits per heavy atom. The zero-order valence-corrected chi connectivity index (χ0v) is 16.0. The average Bonchev–Trinajstić information content (AvgIpc) is 2.61. The van der Waals surface area contributed by atoms with Crippen LogP contribution in [0.4, 0.5) is 0 Å². The maximum Gasteiger partial charge on any atom is 0.228 e. The summed E-state index contributed by atoms with van der Waals surface area (Å²) in [5.41, 5.74) is -0.431. The lowest BCUT2D eigenvalue weighted by Gasteiger charge is -2.35. The van der Waals surface area contributed by atoms with Crippen molar-refractivity contribution in [3.63, 3.8) is 0 Å². The third kappa shape index (κ3) is 6.06. The molecule has 1 amide bonds. The molecule has 1 atom stereocenters. The summed E-state index contributed by atoms with van der Waals surface area (Å²) >= 11 is 0. The summed E-state index contributed by atoms with van der Waals surface area (Å²) in [4.78, 5) is 12.7. The van der Waals surface area contributed by atoms with E-state index in [-0.39, 0.29) is 24.4 Å². The molecule has 25 heavy (non-hydrogen) atoms. The van der Waals surface area contributed by atoms with Crippen LogP contribution < -0.4 is 20.1 Å². The van der Waals surface area contributed by atoms with Crippen molar-refractivity contribution in [1.82, 2.24) is 10.6 Å². The van der Waals surface area contributed by atoms with Crippen LogP contribution in [0.2, 0.25) is 0 Å². The molecule has 0 aliphatic carbocycles. The highest BCUT2D eigenvalue weighted by molar-refractivity contribution is 5.85. The molecule has 1 aliphatic heterocycles. The largest absolute Gasteiger partial charge is 0.497 e. The molecule has 2 rings (SSSR count). The Balaban J connectivity index is 0.00000312. The first-order chi connectivity index (χ1) is 11.6. The van der Waals surface area contributed by atoms with E-state index in [0.29, 0.717) is 13.2 Å². The summed E-state index contributed by atoms with van der Waals surface area (Å²) in [6, 6.07) is 7.42. The molecule has 7 heteroatoms. The highest BCUT2D eigenvalue weighted by Gasteiger charge is 2.39. The monoisotopic (exact) mass is 372 g/mol. The predicted octanol–water partition coefficient (Wildman–Crippen LogP) is 2.02. The van der Waals surface area contributed by atoms with Gasteiger partial charge in [-0.3, -0.25) is 4.79 Å². The van der Waals surface area contributed by atoms with Crippen LogP contribution >= 0.6 is 12.4 Å². The standard InChI is InChI=1S/C18H28N2O4.ClH/c1-14(24-16-6-4-15(23-3)5-7-16)12-20-17(21)18(13-22-2)8-10-19-11-9-18;/h4-7,14,19H,8-13H2,1-3H3,(H,20,21);1H. The van der Waals surface area contributed by atoms with Crippen molar-refractivity contribution in [3.05, 3.63) is 24.3 Å². The second-order valence-electron chi connectivity index (χ2n) is 6.28. The number of benzene rings is 1. The number of amides is 1. The predicted molar refractivity (Wildman–Crippen MR) is 99.8 cm³/mol. The SMILES string of the molecule is COCC1(C(=O)NCC(C)Oc2ccc(OC)cc2)CCNCC1.Cl. The number of nitrogens with one attached hydrogen (secondary N) is 2. The van der Waals surface area contributed by atoms with Gasteiger partial charge >= 0.3 is 0 Å². The molecule has 1 unspecified atom stereocenters. The second-order valence-corrected chi connectivity index (χ2v) is 6.28. The molecule has 6 nitrogen and oxygen atoms in total. The van der Waals surface area contributed by atoms with Gasteiger partial charge in [0.15, 0.2) is 0 Å². The van der Waals surface area contributed by atoms with E-state index >= 15 is 0 Å². The summed E-state index contributed by atoms with van der Waals surface area (Å²) in [6.07, 6.45) is 1.46. The van der Waals surface area contributed by atoms with Gasteiger partial charge in [-0.2, -0.15) is 0 Å². The molecule has 0 aromatic heterocycles. The van der Waals surface area contributed by atoms with Gasteiger partial charge in [-0.1, -0.05) is 0 Å². The van der Waals surface area contributed by atoms with Gasteiger partial charge in [-0.25, -0.2) is 0 Å². The molecule has 1 saturated heterocycles. The maximum absolute atomic E-state index is 12.7. The molecule has 0 bridgehead atoms. The topological polar surface area (TPSA) is 68.8 Å². The van der Waals surface area contributed by atoms with E-state index in [4.69, 9.17) is 14.2 Å². The van der Waals surface area contributed by atoms with Crippen LogP contribution in [0, 0.1) is 5.41 Å². The minimum Gasteiger partial charge on any atom is -0.497 e. The van der Waals surface area contributed by atoms with Crippen LogP contribution in [-0.2, 0) is 9.53 Å². The van der Waals surface area contributed by atoms with Crippen LogP contribution in [0.5, 0.6) is 11.5 Å². The van der Waals surface area contributed by atoms with Crippen molar-refractivity contribution in [2.24, 2.45) is 5.41 Å². The van der Waals surface area contributed by atoms with Crippen LogP contribution in [0.15, 0.2) is 24.3 Å². The Labute approximate surface area is 156 Å². The summed E-state index contributed by atoms with van der Waals surface area (Å²) in [5.74, 6) is 1.60. The van der Waals surface area contributed by atoms with Crippen molar-refractivity contribution >= 4 is 18.3 Å². The Kier molecular flexibility index (Phi) is 9.03. The van der Waals surface area contributed by atoms with Gasteiger partial charge in [0.25, 0.3) is 0 Å². The van der Waals surface area contributed by atoms with E-state index < -0.39 is 5.41 Å². The smallest absolute Gasteiger partial charge is 0.228 e. The van der Waals surface area contributed by atoms with Gasteiger partial charge in [0.05, 0.1) is 25.7 Å². The third-order valence-electron chi connectivity index (χ3n) is 4.41. The number of halogens is 1. The molecular weight excluding hydrogens is 344 g/mol.